The van der Waals surface area contributed by atoms with E-state index in [9.17, 15) is 9.18 Å². The Bertz CT molecular complexity index is 461. The summed E-state index contributed by atoms with van der Waals surface area (Å²) in [6.07, 6.45) is 6.03. The molecule has 0 bridgehead atoms. The SMILES string of the molecule is CCC1CCCCN1C(=O)CCNCCc1ccc(F)cc1. The third-order valence-corrected chi connectivity index (χ3v) is 4.44. The number of carbonyl (C=O) groups excluding carboxylic acids is 1. The summed E-state index contributed by atoms with van der Waals surface area (Å²) in [7, 11) is 0. The number of carbonyl (C=O) groups is 1. The summed E-state index contributed by atoms with van der Waals surface area (Å²) in [5.41, 5.74) is 1.11. The van der Waals surface area contributed by atoms with E-state index in [-0.39, 0.29) is 11.7 Å². The summed E-state index contributed by atoms with van der Waals surface area (Å²) in [6.45, 7) is 4.62. The lowest BCUT2D eigenvalue weighted by molar-refractivity contribution is -0.134. The first-order valence-corrected chi connectivity index (χ1v) is 8.45. The molecule has 1 heterocycles. The van der Waals surface area contributed by atoms with Crippen molar-refractivity contribution in [2.45, 2.75) is 51.5 Å². The van der Waals surface area contributed by atoms with Gasteiger partial charge in [0.05, 0.1) is 0 Å². The van der Waals surface area contributed by atoms with Gasteiger partial charge in [0.25, 0.3) is 0 Å². The first kappa shape index (κ1) is 16.9. The second-order valence-corrected chi connectivity index (χ2v) is 6.02. The molecular weight excluding hydrogens is 279 g/mol. The van der Waals surface area contributed by atoms with Crippen molar-refractivity contribution in [3.63, 3.8) is 0 Å². The van der Waals surface area contributed by atoms with Gasteiger partial charge in [-0.2, -0.15) is 0 Å². The largest absolute Gasteiger partial charge is 0.340 e. The fourth-order valence-electron chi connectivity index (χ4n) is 3.10. The number of piperidine rings is 1. The van der Waals surface area contributed by atoms with Crippen LogP contribution in [-0.2, 0) is 11.2 Å². The molecule has 1 amide bonds. The highest BCUT2D eigenvalue weighted by atomic mass is 19.1. The van der Waals surface area contributed by atoms with Crippen molar-refractivity contribution >= 4 is 5.91 Å². The number of halogens is 1. The Morgan fingerprint density at radius 1 is 1.27 bits per heavy atom. The maximum absolute atomic E-state index is 12.8. The summed E-state index contributed by atoms with van der Waals surface area (Å²) in [4.78, 5) is 14.4. The minimum Gasteiger partial charge on any atom is -0.340 e. The lowest BCUT2D eigenvalue weighted by atomic mass is 9.99. The van der Waals surface area contributed by atoms with Crippen LogP contribution in [0.1, 0.15) is 44.6 Å². The average molecular weight is 306 g/mol. The van der Waals surface area contributed by atoms with Gasteiger partial charge in [0.2, 0.25) is 5.91 Å². The number of nitrogens with one attached hydrogen (secondary N) is 1. The van der Waals surface area contributed by atoms with E-state index in [1.807, 2.05) is 12.1 Å². The number of benzene rings is 1. The Kier molecular flexibility index (Phi) is 6.84. The molecule has 1 aliphatic rings. The molecule has 4 heteroatoms. The van der Waals surface area contributed by atoms with Crippen LogP contribution in [0.2, 0.25) is 0 Å². The lowest BCUT2D eigenvalue weighted by Gasteiger charge is -2.35. The first-order valence-electron chi connectivity index (χ1n) is 8.45. The van der Waals surface area contributed by atoms with Crippen molar-refractivity contribution in [3.05, 3.63) is 35.6 Å². The molecule has 1 saturated heterocycles. The van der Waals surface area contributed by atoms with E-state index < -0.39 is 0 Å². The van der Waals surface area contributed by atoms with Crippen molar-refractivity contribution in [2.24, 2.45) is 0 Å². The fourth-order valence-corrected chi connectivity index (χ4v) is 3.10. The molecule has 1 aromatic rings. The van der Waals surface area contributed by atoms with Gasteiger partial charge in [-0.1, -0.05) is 19.1 Å². The zero-order valence-corrected chi connectivity index (χ0v) is 13.5. The van der Waals surface area contributed by atoms with Gasteiger partial charge in [-0.05, 0) is 56.3 Å². The Balaban J connectivity index is 1.63. The zero-order chi connectivity index (χ0) is 15.8. The van der Waals surface area contributed by atoms with E-state index >= 15 is 0 Å². The van der Waals surface area contributed by atoms with Crippen LogP contribution in [-0.4, -0.2) is 36.5 Å². The molecule has 0 spiro atoms. The van der Waals surface area contributed by atoms with Crippen molar-refractivity contribution < 1.29 is 9.18 Å². The van der Waals surface area contributed by atoms with E-state index in [1.165, 1.54) is 18.6 Å². The Labute approximate surface area is 132 Å². The molecule has 22 heavy (non-hydrogen) atoms. The molecule has 1 unspecified atom stereocenters. The quantitative estimate of drug-likeness (QED) is 0.785. The number of nitrogens with zero attached hydrogens (tertiary/aromatic N) is 1. The highest BCUT2D eigenvalue weighted by Gasteiger charge is 2.24. The second-order valence-electron chi connectivity index (χ2n) is 6.02. The molecule has 0 saturated carbocycles. The summed E-state index contributed by atoms with van der Waals surface area (Å²) >= 11 is 0. The van der Waals surface area contributed by atoms with Gasteiger partial charge in [-0.3, -0.25) is 4.79 Å². The molecule has 0 aromatic heterocycles. The van der Waals surface area contributed by atoms with Gasteiger partial charge >= 0.3 is 0 Å². The molecule has 1 N–H and O–H groups in total. The summed E-state index contributed by atoms with van der Waals surface area (Å²) in [6, 6.07) is 7.03. The predicted molar refractivity (Wildman–Crippen MR) is 87.2 cm³/mol. The van der Waals surface area contributed by atoms with Crippen molar-refractivity contribution in [1.82, 2.24) is 10.2 Å². The lowest BCUT2D eigenvalue weighted by Crippen LogP contribution is -2.44. The van der Waals surface area contributed by atoms with Crippen LogP contribution >= 0.6 is 0 Å². The molecule has 1 fully saturated rings. The van der Waals surface area contributed by atoms with Crippen LogP contribution in [0, 0.1) is 5.82 Å². The van der Waals surface area contributed by atoms with Crippen LogP contribution in [0.3, 0.4) is 0 Å². The smallest absolute Gasteiger partial charge is 0.224 e. The van der Waals surface area contributed by atoms with Gasteiger partial charge in [0, 0.05) is 25.6 Å². The van der Waals surface area contributed by atoms with Crippen LogP contribution in [0.25, 0.3) is 0 Å². The van der Waals surface area contributed by atoms with Gasteiger partial charge < -0.3 is 10.2 Å². The molecule has 3 nitrogen and oxygen atoms in total. The van der Waals surface area contributed by atoms with Crippen LogP contribution < -0.4 is 5.32 Å². The Hall–Kier alpha value is -1.42. The highest BCUT2D eigenvalue weighted by molar-refractivity contribution is 5.76. The first-order chi connectivity index (χ1) is 10.7. The number of hydrogen-bond donors (Lipinski definition) is 1. The second kappa shape index (κ2) is 8.89. The molecule has 122 valence electrons. The molecule has 1 aromatic carbocycles. The molecule has 0 radical (unpaired) electrons. The molecule has 1 atom stereocenters. The summed E-state index contributed by atoms with van der Waals surface area (Å²) in [5.74, 6) is 0.0788. The zero-order valence-electron chi connectivity index (χ0n) is 13.5. The Morgan fingerprint density at radius 2 is 2.05 bits per heavy atom. The minimum absolute atomic E-state index is 0.200. The molecule has 1 aliphatic heterocycles. The van der Waals surface area contributed by atoms with Crippen molar-refractivity contribution in [2.75, 3.05) is 19.6 Å². The Morgan fingerprint density at radius 3 is 2.77 bits per heavy atom. The summed E-state index contributed by atoms with van der Waals surface area (Å²) < 4.78 is 12.8. The third kappa shape index (κ3) is 5.09. The van der Waals surface area contributed by atoms with E-state index in [2.05, 4.69) is 17.1 Å². The molecular formula is C18H27FN2O. The number of amides is 1. The standard InChI is InChI=1S/C18H27FN2O/c1-2-17-5-3-4-14-21(17)18(22)11-13-20-12-10-15-6-8-16(19)9-7-15/h6-9,17,20H,2-5,10-14H2,1H3. The number of likely N-dealkylation sites (tertiary alicyclic amines) is 1. The average Bonchev–Trinajstić information content (AvgIpc) is 2.56. The maximum Gasteiger partial charge on any atom is 0.224 e. The van der Waals surface area contributed by atoms with Crippen LogP contribution in [0.15, 0.2) is 24.3 Å². The molecule has 2 rings (SSSR count). The fraction of sp³-hybridized carbons (Fsp3) is 0.611. The number of rotatable bonds is 7. The monoisotopic (exact) mass is 306 g/mol. The van der Waals surface area contributed by atoms with Crippen molar-refractivity contribution in [3.8, 4) is 0 Å². The minimum atomic E-state index is -0.200. The van der Waals surface area contributed by atoms with Crippen molar-refractivity contribution in [1.29, 1.82) is 0 Å². The molecule has 0 aliphatic carbocycles. The van der Waals surface area contributed by atoms with E-state index in [0.29, 0.717) is 19.0 Å². The third-order valence-electron chi connectivity index (χ3n) is 4.44. The van der Waals surface area contributed by atoms with Gasteiger partial charge in [-0.25, -0.2) is 4.39 Å². The van der Waals surface area contributed by atoms with Gasteiger partial charge in [0.15, 0.2) is 0 Å². The van der Waals surface area contributed by atoms with Crippen LogP contribution in [0.4, 0.5) is 4.39 Å². The van der Waals surface area contributed by atoms with E-state index in [0.717, 1.165) is 44.3 Å². The van der Waals surface area contributed by atoms with Gasteiger partial charge in [0.1, 0.15) is 5.82 Å². The predicted octanol–water partition coefficient (Wildman–Crippen LogP) is 3.14. The van der Waals surface area contributed by atoms with E-state index in [1.54, 1.807) is 0 Å². The maximum atomic E-state index is 12.8. The topological polar surface area (TPSA) is 32.3 Å². The van der Waals surface area contributed by atoms with E-state index in [4.69, 9.17) is 0 Å². The number of hydrogen-bond acceptors (Lipinski definition) is 2. The summed E-state index contributed by atoms with van der Waals surface area (Å²) in [5, 5.41) is 3.31. The van der Waals surface area contributed by atoms with Crippen LogP contribution in [0.5, 0.6) is 0 Å². The normalized spacial score (nSPS) is 18.5. The highest BCUT2D eigenvalue weighted by Crippen LogP contribution is 2.19. The van der Waals surface area contributed by atoms with Gasteiger partial charge in [-0.15, -0.1) is 0 Å².